The summed E-state index contributed by atoms with van der Waals surface area (Å²) in [5.74, 6) is -0.648. The predicted molar refractivity (Wildman–Crippen MR) is 260 cm³/mol. The van der Waals surface area contributed by atoms with E-state index in [1.54, 1.807) is 0 Å². The molecular formula is C55H84O5. The molecule has 0 bridgehead atoms. The molecule has 0 spiro atoms. The molecule has 5 heteroatoms. The monoisotopic (exact) mass is 825 g/mol. The van der Waals surface area contributed by atoms with Crippen LogP contribution in [0.15, 0.2) is 146 Å². The van der Waals surface area contributed by atoms with Gasteiger partial charge in [-0.1, -0.05) is 198 Å². The van der Waals surface area contributed by atoms with Crippen molar-refractivity contribution in [2.45, 2.75) is 174 Å². The SMILES string of the molecule is CC/C=C\C/C=C\C/C=C\C/C=C\C/C=C\C/C=C\C/C=C\C/C=C\C/C=C\C/C=C\C/C=C\C/C=C\CCCCCCC(=O)OC(CO)COC(=O)CCCCCCC. The second kappa shape index (κ2) is 49.1. The van der Waals surface area contributed by atoms with Crippen molar-refractivity contribution in [1.29, 1.82) is 0 Å². The van der Waals surface area contributed by atoms with Crippen LogP contribution in [0.1, 0.15) is 168 Å². The Labute approximate surface area is 368 Å². The lowest BCUT2D eigenvalue weighted by molar-refractivity contribution is -0.161. The molecule has 0 radical (unpaired) electrons. The number of unbranched alkanes of at least 4 members (excludes halogenated alkanes) is 8. The molecule has 334 valence electrons. The average Bonchev–Trinajstić information content (AvgIpc) is 3.25. The third-order valence-electron chi connectivity index (χ3n) is 9.15. The van der Waals surface area contributed by atoms with Crippen molar-refractivity contribution in [2.75, 3.05) is 13.2 Å². The van der Waals surface area contributed by atoms with Crippen LogP contribution < -0.4 is 0 Å². The molecule has 0 aromatic carbocycles. The Morgan fingerprint density at radius 2 is 0.717 bits per heavy atom. The molecule has 0 saturated carbocycles. The summed E-state index contributed by atoms with van der Waals surface area (Å²) < 4.78 is 10.5. The molecule has 0 aliphatic heterocycles. The third kappa shape index (κ3) is 46.5. The first-order chi connectivity index (χ1) is 29.6. The van der Waals surface area contributed by atoms with E-state index in [1.807, 2.05) is 0 Å². The molecule has 0 aliphatic carbocycles. The molecule has 5 nitrogen and oxygen atoms in total. The predicted octanol–water partition coefficient (Wildman–Crippen LogP) is 15.5. The standard InChI is InChI=1S/C55H84O5/c1-3-5-7-9-10-11-12-13-14-15-16-17-18-19-20-21-22-23-24-25-26-27-28-29-30-31-32-33-34-35-36-37-38-39-40-41-42-43-44-46-48-50-55(58)60-53(51-56)52-59-54(57)49-47-45-8-6-4-2/h5,7,10-11,13-14,16-17,19-20,22-23,25-26,28-29,31-32,34-35,37-38,40-41,53,56H,3-4,6,8-9,12,15,18,21,24,27,30,33,36,39,42-52H2,1-2H3/b7-5-,11-10-,14-13-,17-16-,20-19-,23-22-,26-25-,29-28-,32-31-,35-34-,38-37-,41-40-. The number of hydrogen-bond donors (Lipinski definition) is 1. The highest BCUT2D eigenvalue weighted by molar-refractivity contribution is 5.70. The topological polar surface area (TPSA) is 72.8 Å². The number of carbonyl (C=O) groups excluding carboxylic acids is 2. The van der Waals surface area contributed by atoms with E-state index in [4.69, 9.17) is 9.47 Å². The first-order valence-corrected chi connectivity index (χ1v) is 23.4. The lowest BCUT2D eigenvalue weighted by Crippen LogP contribution is -2.28. The number of ether oxygens (including phenoxy) is 2. The number of esters is 2. The Bertz CT molecular complexity index is 1350. The van der Waals surface area contributed by atoms with E-state index in [-0.39, 0.29) is 25.2 Å². The van der Waals surface area contributed by atoms with E-state index in [2.05, 4.69) is 160 Å². The van der Waals surface area contributed by atoms with Gasteiger partial charge in [-0.05, 0) is 103 Å². The first kappa shape index (κ1) is 55.8. The van der Waals surface area contributed by atoms with Crippen LogP contribution in [0, 0.1) is 0 Å². The van der Waals surface area contributed by atoms with Crippen LogP contribution in [0.4, 0.5) is 0 Å². The summed E-state index contributed by atoms with van der Waals surface area (Å²) in [4.78, 5) is 24.0. The van der Waals surface area contributed by atoms with Gasteiger partial charge in [0, 0.05) is 12.8 Å². The maximum atomic E-state index is 12.1. The minimum Gasteiger partial charge on any atom is -0.462 e. The van der Waals surface area contributed by atoms with Gasteiger partial charge in [-0.25, -0.2) is 0 Å². The molecule has 1 atom stereocenters. The number of hydrogen-bond acceptors (Lipinski definition) is 5. The largest absolute Gasteiger partial charge is 0.462 e. The van der Waals surface area contributed by atoms with Crippen LogP contribution >= 0.6 is 0 Å². The molecule has 0 aromatic heterocycles. The van der Waals surface area contributed by atoms with Crippen molar-refractivity contribution >= 4 is 11.9 Å². The molecule has 0 heterocycles. The lowest BCUT2D eigenvalue weighted by Gasteiger charge is -2.15. The van der Waals surface area contributed by atoms with Crippen LogP contribution in [0.25, 0.3) is 0 Å². The number of aliphatic hydroxyl groups is 1. The highest BCUT2D eigenvalue weighted by atomic mass is 16.6. The van der Waals surface area contributed by atoms with Crippen molar-refractivity contribution in [1.82, 2.24) is 0 Å². The van der Waals surface area contributed by atoms with Gasteiger partial charge in [0.05, 0.1) is 6.61 Å². The molecule has 0 saturated heterocycles. The van der Waals surface area contributed by atoms with E-state index >= 15 is 0 Å². The van der Waals surface area contributed by atoms with Gasteiger partial charge in [-0.3, -0.25) is 9.59 Å². The molecule has 0 aromatic rings. The van der Waals surface area contributed by atoms with Gasteiger partial charge in [0.25, 0.3) is 0 Å². The second-order valence-corrected chi connectivity index (χ2v) is 14.8. The molecule has 0 amide bonds. The van der Waals surface area contributed by atoms with Crippen molar-refractivity contribution in [2.24, 2.45) is 0 Å². The quantitative estimate of drug-likeness (QED) is 0.0378. The summed E-state index contributed by atoms with van der Waals surface area (Å²) in [6.45, 7) is 3.88. The Morgan fingerprint density at radius 1 is 0.400 bits per heavy atom. The summed E-state index contributed by atoms with van der Waals surface area (Å²) in [7, 11) is 0. The average molecular weight is 825 g/mol. The minimum absolute atomic E-state index is 0.0856. The van der Waals surface area contributed by atoms with Gasteiger partial charge < -0.3 is 14.6 Å². The fraction of sp³-hybridized carbons (Fsp3) is 0.527. The van der Waals surface area contributed by atoms with Gasteiger partial charge in [0.2, 0.25) is 0 Å². The zero-order chi connectivity index (χ0) is 43.5. The fourth-order valence-corrected chi connectivity index (χ4v) is 5.65. The zero-order valence-corrected chi connectivity index (χ0v) is 37.9. The van der Waals surface area contributed by atoms with Crippen LogP contribution in [-0.2, 0) is 19.1 Å². The summed E-state index contributed by atoms with van der Waals surface area (Å²) in [6.07, 6.45) is 75.5. The summed E-state index contributed by atoms with van der Waals surface area (Å²) in [5, 5.41) is 9.48. The Balaban J connectivity index is 3.69. The van der Waals surface area contributed by atoms with Crippen LogP contribution in [0.2, 0.25) is 0 Å². The van der Waals surface area contributed by atoms with Crippen molar-refractivity contribution in [3.8, 4) is 0 Å². The third-order valence-corrected chi connectivity index (χ3v) is 9.15. The van der Waals surface area contributed by atoms with Crippen LogP contribution in [0.3, 0.4) is 0 Å². The Hall–Kier alpha value is -4.22. The molecule has 60 heavy (non-hydrogen) atoms. The molecule has 0 rings (SSSR count). The number of rotatable bonds is 40. The smallest absolute Gasteiger partial charge is 0.306 e. The maximum absolute atomic E-state index is 12.1. The van der Waals surface area contributed by atoms with Crippen LogP contribution in [-0.4, -0.2) is 36.4 Å². The summed E-state index contributed by atoms with van der Waals surface area (Å²) in [5.41, 5.74) is 0. The highest BCUT2D eigenvalue weighted by Crippen LogP contribution is 2.10. The van der Waals surface area contributed by atoms with Crippen molar-refractivity contribution < 1.29 is 24.2 Å². The molecule has 1 N–H and O–H groups in total. The van der Waals surface area contributed by atoms with Crippen molar-refractivity contribution in [3.63, 3.8) is 0 Å². The number of aliphatic hydroxyl groups excluding tert-OH is 1. The van der Waals surface area contributed by atoms with Crippen LogP contribution in [0.5, 0.6) is 0 Å². The van der Waals surface area contributed by atoms with Gasteiger partial charge in [-0.15, -0.1) is 0 Å². The molecular weight excluding hydrogens is 741 g/mol. The lowest BCUT2D eigenvalue weighted by atomic mass is 10.1. The second-order valence-electron chi connectivity index (χ2n) is 14.8. The highest BCUT2D eigenvalue weighted by Gasteiger charge is 2.16. The van der Waals surface area contributed by atoms with Gasteiger partial charge in [0.1, 0.15) is 6.61 Å². The maximum Gasteiger partial charge on any atom is 0.306 e. The zero-order valence-electron chi connectivity index (χ0n) is 37.9. The summed E-state index contributed by atoms with van der Waals surface area (Å²) >= 11 is 0. The van der Waals surface area contributed by atoms with E-state index in [9.17, 15) is 14.7 Å². The van der Waals surface area contributed by atoms with E-state index in [1.165, 1.54) is 6.42 Å². The molecule has 0 fully saturated rings. The normalized spacial score (nSPS) is 13.6. The van der Waals surface area contributed by atoms with E-state index in [0.717, 1.165) is 135 Å². The first-order valence-electron chi connectivity index (χ1n) is 23.4. The number of carbonyl (C=O) groups is 2. The molecule has 1 unspecified atom stereocenters. The van der Waals surface area contributed by atoms with Gasteiger partial charge in [0.15, 0.2) is 6.10 Å². The minimum atomic E-state index is -0.790. The Morgan fingerprint density at radius 3 is 1.07 bits per heavy atom. The van der Waals surface area contributed by atoms with Gasteiger partial charge >= 0.3 is 11.9 Å². The van der Waals surface area contributed by atoms with Crippen molar-refractivity contribution in [3.05, 3.63) is 146 Å². The summed E-state index contributed by atoms with van der Waals surface area (Å²) in [6, 6.07) is 0. The Kier molecular flexibility index (Phi) is 45.7. The molecule has 0 aliphatic rings. The van der Waals surface area contributed by atoms with E-state index < -0.39 is 6.10 Å². The van der Waals surface area contributed by atoms with E-state index in [0.29, 0.717) is 12.8 Å². The fourth-order valence-electron chi connectivity index (χ4n) is 5.65. The van der Waals surface area contributed by atoms with Gasteiger partial charge in [-0.2, -0.15) is 0 Å². The number of allylic oxidation sites excluding steroid dienone is 24.